The molecular formula is C12H16O3S. The lowest BCUT2D eigenvalue weighted by molar-refractivity contribution is -0.142. The molecule has 1 aromatic heterocycles. The maximum absolute atomic E-state index is 11.1. The molecule has 1 aliphatic rings. The fourth-order valence-corrected chi connectivity index (χ4v) is 3.26. The highest BCUT2D eigenvalue weighted by molar-refractivity contribution is 7.12. The van der Waals surface area contributed by atoms with Gasteiger partial charge in [0.15, 0.2) is 0 Å². The lowest BCUT2D eigenvalue weighted by atomic mass is 9.99. The average molecular weight is 240 g/mol. The van der Waals surface area contributed by atoms with Crippen LogP contribution in [0.4, 0.5) is 0 Å². The molecule has 1 aliphatic carbocycles. The number of hydrogen-bond donors (Lipinski definition) is 1. The van der Waals surface area contributed by atoms with Gasteiger partial charge in [0, 0.05) is 9.75 Å². The maximum Gasteiger partial charge on any atom is 0.308 e. The predicted molar refractivity (Wildman–Crippen MR) is 62.6 cm³/mol. The van der Waals surface area contributed by atoms with Crippen molar-refractivity contribution in [2.24, 2.45) is 0 Å². The van der Waals surface area contributed by atoms with Crippen LogP contribution in [-0.4, -0.2) is 18.2 Å². The van der Waals surface area contributed by atoms with Crippen molar-refractivity contribution in [3.05, 3.63) is 21.4 Å². The molecule has 88 valence electrons. The highest BCUT2D eigenvalue weighted by atomic mass is 32.1. The number of carbonyl (C=O) groups excluding carboxylic acids is 1. The fraction of sp³-hybridized carbons (Fsp3) is 0.583. The Morgan fingerprint density at radius 3 is 3.00 bits per heavy atom. The van der Waals surface area contributed by atoms with Crippen LogP contribution in [0.1, 0.15) is 40.7 Å². The fourth-order valence-electron chi connectivity index (χ4n) is 2.02. The second-order valence-corrected chi connectivity index (χ2v) is 5.27. The number of hydrogen-bond acceptors (Lipinski definition) is 4. The summed E-state index contributed by atoms with van der Waals surface area (Å²) in [5.74, 6) is -0.362. The number of thiophene rings is 1. The molecule has 1 aromatic rings. The minimum atomic E-state index is -0.706. The summed E-state index contributed by atoms with van der Waals surface area (Å²) in [6.07, 6.45) is 4.04. The zero-order valence-electron chi connectivity index (χ0n) is 9.36. The number of esters is 1. The Kier molecular flexibility index (Phi) is 3.61. The molecule has 16 heavy (non-hydrogen) atoms. The van der Waals surface area contributed by atoms with Crippen molar-refractivity contribution in [3.63, 3.8) is 0 Å². The van der Waals surface area contributed by atoms with E-state index in [-0.39, 0.29) is 12.4 Å². The number of ether oxygens (including phenoxy) is 1. The highest BCUT2D eigenvalue weighted by Crippen LogP contribution is 2.33. The van der Waals surface area contributed by atoms with Gasteiger partial charge in [0.1, 0.15) is 0 Å². The second-order valence-electron chi connectivity index (χ2n) is 4.10. The van der Waals surface area contributed by atoms with E-state index in [2.05, 4.69) is 4.74 Å². The topological polar surface area (TPSA) is 46.5 Å². The van der Waals surface area contributed by atoms with Gasteiger partial charge in [0.25, 0.3) is 0 Å². The van der Waals surface area contributed by atoms with Gasteiger partial charge in [-0.05, 0) is 37.3 Å². The van der Waals surface area contributed by atoms with E-state index in [0.29, 0.717) is 0 Å². The number of aliphatic hydroxyl groups excluding tert-OH is 1. The van der Waals surface area contributed by atoms with E-state index in [1.54, 1.807) is 11.3 Å². The van der Waals surface area contributed by atoms with Gasteiger partial charge < -0.3 is 9.84 Å². The molecule has 0 aliphatic heterocycles. The van der Waals surface area contributed by atoms with E-state index in [0.717, 1.165) is 17.7 Å². The van der Waals surface area contributed by atoms with Crippen LogP contribution in [0.25, 0.3) is 0 Å². The molecule has 1 heterocycles. The first kappa shape index (κ1) is 11.6. The van der Waals surface area contributed by atoms with E-state index in [1.165, 1.54) is 30.4 Å². The van der Waals surface area contributed by atoms with Crippen LogP contribution >= 0.6 is 11.3 Å². The van der Waals surface area contributed by atoms with Gasteiger partial charge in [-0.25, -0.2) is 0 Å². The number of aryl methyl sites for hydroxylation is 2. The number of methoxy groups -OCH3 is 1. The van der Waals surface area contributed by atoms with Gasteiger partial charge in [-0.1, -0.05) is 0 Å². The van der Waals surface area contributed by atoms with E-state index in [9.17, 15) is 9.90 Å². The zero-order valence-corrected chi connectivity index (χ0v) is 10.2. The van der Waals surface area contributed by atoms with Crippen molar-refractivity contribution in [2.45, 2.75) is 38.2 Å². The summed E-state index contributed by atoms with van der Waals surface area (Å²) in [6, 6.07) is 2.05. The van der Waals surface area contributed by atoms with E-state index < -0.39 is 6.10 Å². The monoisotopic (exact) mass is 240 g/mol. The van der Waals surface area contributed by atoms with Crippen LogP contribution in [-0.2, 0) is 22.4 Å². The minimum absolute atomic E-state index is 0.0515. The molecule has 1 N–H and O–H groups in total. The van der Waals surface area contributed by atoms with Crippen LogP contribution in [0.15, 0.2) is 6.07 Å². The van der Waals surface area contributed by atoms with Crippen LogP contribution in [0.2, 0.25) is 0 Å². The molecule has 0 aromatic carbocycles. The van der Waals surface area contributed by atoms with Gasteiger partial charge in [-0.15, -0.1) is 11.3 Å². The summed E-state index contributed by atoms with van der Waals surface area (Å²) in [4.78, 5) is 13.3. The molecule has 0 radical (unpaired) electrons. The van der Waals surface area contributed by atoms with Crippen LogP contribution < -0.4 is 0 Å². The Balaban J connectivity index is 2.08. The summed E-state index contributed by atoms with van der Waals surface area (Å²) in [5, 5.41) is 9.88. The van der Waals surface area contributed by atoms with Gasteiger partial charge in [0.2, 0.25) is 0 Å². The largest absolute Gasteiger partial charge is 0.469 e. The second kappa shape index (κ2) is 4.97. The summed E-state index contributed by atoms with van der Waals surface area (Å²) in [7, 11) is 1.34. The normalized spacial score (nSPS) is 16.6. The molecule has 4 heteroatoms. The van der Waals surface area contributed by atoms with Gasteiger partial charge in [0.05, 0.1) is 19.6 Å². The van der Waals surface area contributed by atoms with Crippen LogP contribution in [0.3, 0.4) is 0 Å². The molecule has 0 fully saturated rings. The Hall–Kier alpha value is -0.870. The average Bonchev–Trinajstić information content (AvgIpc) is 2.72. The van der Waals surface area contributed by atoms with Gasteiger partial charge in [-0.2, -0.15) is 0 Å². The van der Waals surface area contributed by atoms with Crippen molar-refractivity contribution >= 4 is 17.3 Å². The lowest BCUT2D eigenvalue weighted by Crippen LogP contribution is -2.06. The number of fused-ring (bicyclic) bond motifs is 1. The Morgan fingerprint density at radius 2 is 2.31 bits per heavy atom. The minimum Gasteiger partial charge on any atom is -0.469 e. The summed E-state index contributed by atoms with van der Waals surface area (Å²) < 4.78 is 4.55. The highest BCUT2D eigenvalue weighted by Gasteiger charge is 2.19. The molecule has 0 saturated carbocycles. The predicted octanol–water partition coefficient (Wildman–Crippen LogP) is 2.22. The van der Waals surface area contributed by atoms with Gasteiger partial charge in [-0.3, -0.25) is 4.79 Å². The summed E-state index contributed by atoms with van der Waals surface area (Å²) >= 11 is 1.64. The molecular weight excluding hydrogens is 224 g/mol. The zero-order chi connectivity index (χ0) is 11.5. The maximum atomic E-state index is 11.1. The number of aliphatic hydroxyl groups is 1. The first-order valence-electron chi connectivity index (χ1n) is 5.57. The van der Waals surface area contributed by atoms with Crippen molar-refractivity contribution in [1.29, 1.82) is 0 Å². The van der Waals surface area contributed by atoms with Crippen LogP contribution in [0, 0.1) is 0 Å². The van der Waals surface area contributed by atoms with Crippen LogP contribution in [0.5, 0.6) is 0 Å². The molecule has 0 amide bonds. The van der Waals surface area contributed by atoms with Crippen molar-refractivity contribution in [3.8, 4) is 0 Å². The third-order valence-electron chi connectivity index (χ3n) is 2.93. The van der Waals surface area contributed by atoms with Crippen molar-refractivity contribution in [1.82, 2.24) is 0 Å². The molecule has 3 nitrogen and oxygen atoms in total. The summed E-state index contributed by atoms with van der Waals surface area (Å²) in [5.41, 5.74) is 1.36. The molecule has 0 saturated heterocycles. The molecule has 1 unspecified atom stereocenters. The van der Waals surface area contributed by atoms with E-state index in [4.69, 9.17) is 0 Å². The third-order valence-corrected chi connectivity index (χ3v) is 4.27. The first-order valence-corrected chi connectivity index (χ1v) is 6.38. The number of carbonyl (C=O) groups is 1. The van der Waals surface area contributed by atoms with Crippen molar-refractivity contribution in [2.75, 3.05) is 7.11 Å². The Bertz CT molecular complexity index is 360. The third kappa shape index (κ3) is 2.44. The van der Waals surface area contributed by atoms with Gasteiger partial charge >= 0.3 is 5.97 Å². The summed E-state index contributed by atoms with van der Waals surface area (Å²) in [6.45, 7) is 0. The molecule has 1 atom stereocenters. The van der Waals surface area contributed by atoms with Crippen molar-refractivity contribution < 1.29 is 14.6 Å². The molecule has 2 rings (SSSR count). The Morgan fingerprint density at radius 1 is 1.56 bits per heavy atom. The molecule has 0 bridgehead atoms. The number of rotatable bonds is 3. The SMILES string of the molecule is COC(=O)CC(O)c1cc2c(s1)CCCC2. The van der Waals surface area contributed by atoms with E-state index in [1.807, 2.05) is 6.07 Å². The first-order chi connectivity index (χ1) is 7.70. The Labute approximate surface area is 99.1 Å². The van der Waals surface area contributed by atoms with E-state index >= 15 is 0 Å². The quantitative estimate of drug-likeness (QED) is 0.824. The smallest absolute Gasteiger partial charge is 0.308 e. The standard InChI is InChI=1S/C12H16O3S/c1-15-12(14)7-9(13)11-6-8-4-2-3-5-10(8)16-11/h6,9,13H,2-5,7H2,1H3. The molecule has 0 spiro atoms. The lowest BCUT2D eigenvalue weighted by Gasteiger charge is -2.08.